The Labute approximate surface area is 202 Å². The van der Waals surface area contributed by atoms with Crippen molar-refractivity contribution < 1.29 is 14.3 Å². The molecule has 1 aliphatic rings. The third kappa shape index (κ3) is 4.31. The average molecular weight is 469 g/mol. The van der Waals surface area contributed by atoms with Crippen LogP contribution in [0.3, 0.4) is 0 Å². The van der Waals surface area contributed by atoms with Gasteiger partial charge in [-0.15, -0.1) is 5.10 Å². The molecule has 3 N–H and O–H groups in total. The Bertz CT molecular complexity index is 1400. The fourth-order valence-electron chi connectivity index (χ4n) is 4.10. The van der Waals surface area contributed by atoms with Crippen LogP contribution in [-0.4, -0.2) is 32.8 Å². The lowest BCUT2D eigenvalue weighted by molar-refractivity contribution is -0.115. The summed E-state index contributed by atoms with van der Waals surface area (Å²) in [5.74, 6) is 1.56. The van der Waals surface area contributed by atoms with Crippen molar-refractivity contribution in [1.82, 2.24) is 19.7 Å². The minimum Gasteiger partial charge on any atom is -0.493 e. The molecule has 1 atom stereocenters. The Kier molecular flexibility index (Phi) is 5.88. The zero-order valence-electron chi connectivity index (χ0n) is 19.3. The maximum Gasteiger partial charge on any atom is 0.248 e. The molecule has 1 aliphatic heterocycles. The maximum absolute atomic E-state index is 12.5. The molecule has 3 heterocycles. The van der Waals surface area contributed by atoms with E-state index in [-0.39, 0.29) is 0 Å². The van der Waals surface area contributed by atoms with E-state index in [0.29, 0.717) is 41.1 Å². The summed E-state index contributed by atoms with van der Waals surface area (Å²) in [7, 11) is 1.58. The number of hydrogen-bond donors (Lipinski definition) is 2. The van der Waals surface area contributed by atoms with E-state index in [0.717, 1.165) is 16.7 Å². The van der Waals surface area contributed by atoms with Crippen LogP contribution in [0.2, 0.25) is 0 Å². The summed E-state index contributed by atoms with van der Waals surface area (Å²) < 4.78 is 13.3. The normalized spacial score (nSPS) is 14.7. The first kappa shape index (κ1) is 22.1. The van der Waals surface area contributed by atoms with Crippen molar-refractivity contribution in [3.8, 4) is 22.9 Å². The predicted octanol–water partition coefficient (Wildman–Crippen LogP) is 3.70. The van der Waals surface area contributed by atoms with E-state index in [2.05, 4.69) is 20.4 Å². The third-order valence-corrected chi connectivity index (χ3v) is 5.78. The number of allylic oxidation sites excluding steroid dienone is 1. The summed E-state index contributed by atoms with van der Waals surface area (Å²) in [4.78, 5) is 21.3. The van der Waals surface area contributed by atoms with Crippen LogP contribution in [0.5, 0.6) is 11.5 Å². The molecule has 0 bridgehead atoms. The lowest BCUT2D eigenvalue weighted by Gasteiger charge is -2.28. The quantitative estimate of drug-likeness (QED) is 0.425. The molecular formula is C26H24N6O3. The number of amides is 1. The molecule has 35 heavy (non-hydrogen) atoms. The van der Waals surface area contributed by atoms with Crippen molar-refractivity contribution in [3.63, 3.8) is 0 Å². The number of carbonyl (C=O) groups excluding carboxylic acids is 1. The molecule has 2 aromatic heterocycles. The topological polar surface area (TPSA) is 117 Å². The Morgan fingerprint density at radius 3 is 2.66 bits per heavy atom. The lowest BCUT2D eigenvalue weighted by Crippen LogP contribution is -2.31. The number of nitrogens with two attached hydrogens (primary N) is 1. The van der Waals surface area contributed by atoms with Gasteiger partial charge >= 0.3 is 0 Å². The van der Waals surface area contributed by atoms with E-state index in [4.69, 9.17) is 15.2 Å². The van der Waals surface area contributed by atoms with Crippen LogP contribution in [0, 0.1) is 0 Å². The summed E-state index contributed by atoms with van der Waals surface area (Å²) in [6, 6.07) is 18.5. The highest BCUT2D eigenvalue weighted by Crippen LogP contribution is 2.39. The number of rotatable bonds is 7. The molecule has 0 spiro atoms. The first-order valence-corrected chi connectivity index (χ1v) is 11.0. The van der Waals surface area contributed by atoms with Crippen molar-refractivity contribution in [1.29, 1.82) is 0 Å². The van der Waals surface area contributed by atoms with E-state index in [1.807, 2.05) is 60.7 Å². The van der Waals surface area contributed by atoms with Gasteiger partial charge < -0.3 is 20.5 Å². The van der Waals surface area contributed by atoms with E-state index in [9.17, 15) is 4.79 Å². The molecule has 4 aromatic rings. The highest BCUT2D eigenvalue weighted by atomic mass is 16.5. The smallest absolute Gasteiger partial charge is 0.248 e. The fraction of sp³-hybridized carbons (Fsp3) is 0.154. The van der Waals surface area contributed by atoms with Crippen LogP contribution in [0.1, 0.15) is 24.1 Å². The number of primary amides is 1. The number of pyridine rings is 1. The highest BCUT2D eigenvalue weighted by molar-refractivity contribution is 5.95. The van der Waals surface area contributed by atoms with Gasteiger partial charge in [0.2, 0.25) is 11.9 Å². The van der Waals surface area contributed by atoms with Gasteiger partial charge in [0.15, 0.2) is 17.3 Å². The summed E-state index contributed by atoms with van der Waals surface area (Å²) in [6.07, 6.45) is 3.37. The lowest BCUT2D eigenvalue weighted by atomic mass is 9.95. The zero-order valence-corrected chi connectivity index (χ0v) is 19.3. The minimum absolute atomic E-state index is 0.389. The van der Waals surface area contributed by atoms with Crippen LogP contribution in [-0.2, 0) is 11.4 Å². The second kappa shape index (κ2) is 9.30. The summed E-state index contributed by atoms with van der Waals surface area (Å²) in [5, 5.41) is 7.84. The molecule has 0 fully saturated rings. The van der Waals surface area contributed by atoms with Crippen molar-refractivity contribution >= 4 is 11.9 Å². The molecule has 176 valence electrons. The SMILES string of the molecule is COc1cc(C2C(C(N)=O)=C(C)Nc3nc(-c4cccnc4)nn32)ccc1OCc1ccccc1. The van der Waals surface area contributed by atoms with Gasteiger partial charge in [-0.1, -0.05) is 36.4 Å². The van der Waals surface area contributed by atoms with E-state index in [1.54, 1.807) is 31.1 Å². The van der Waals surface area contributed by atoms with Crippen LogP contribution < -0.4 is 20.5 Å². The van der Waals surface area contributed by atoms with E-state index in [1.165, 1.54) is 0 Å². The van der Waals surface area contributed by atoms with Gasteiger partial charge in [-0.05, 0) is 42.3 Å². The zero-order chi connectivity index (χ0) is 24.4. The molecule has 0 radical (unpaired) electrons. The number of carbonyl (C=O) groups is 1. The first-order valence-electron chi connectivity index (χ1n) is 11.0. The molecule has 2 aromatic carbocycles. The van der Waals surface area contributed by atoms with Crippen molar-refractivity contribution in [2.24, 2.45) is 5.73 Å². The molecule has 1 unspecified atom stereocenters. The number of methoxy groups -OCH3 is 1. The van der Waals surface area contributed by atoms with Gasteiger partial charge in [0.05, 0.1) is 12.7 Å². The van der Waals surface area contributed by atoms with Crippen molar-refractivity contribution in [2.75, 3.05) is 12.4 Å². The molecule has 9 nitrogen and oxygen atoms in total. The Hall–Kier alpha value is -4.66. The Balaban J connectivity index is 1.54. The molecule has 0 saturated heterocycles. The molecule has 1 amide bonds. The standard InChI is InChI=1S/C26H24N6O3/c1-16-22(24(27)33)23(32-26(29-16)30-25(31-32)19-9-6-12-28-14-19)18-10-11-20(21(13-18)34-2)35-15-17-7-4-3-5-8-17/h3-14,23H,15H2,1-2H3,(H2,27,33)(H,29,30,31). The predicted molar refractivity (Wildman–Crippen MR) is 131 cm³/mol. The number of aromatic nitrogens is 4. The number of nitrogens with one attached hydrogen (secondary N) is 1. The largest absolute Gasteiger partial charge is 0.493 e. The first-order chi connectivity index (χ1) is 17.0. The number of hydrogen-bond acceptors (Lipinski definition) is 7. The van der Waals surface area contributed by atoms with E-state index < -0.39 is 11.9 Å². The van der Waals surface area contributed by atoms with Gasteiger partial charge in [-0.2, -0.15) is 4.98 Å². The molecule has 0 saturated carbocycles. The summed E-state index contributed by atoms with van der Waals surface area (Å²) in [5.41, 5.74) is 9.37. The van der Waals surface area contributed by atoms with Crippen LogP contribution in [0.4, 0.5) is 5.95 Å². The fourth-order valence-corrected chi connectivity index (χ4v) is 4.10. The number of nitrogens with zero attached hydrogens (tertiary/aromatic N) is 4. The third-order valence-electron chi connectivity index (χ3n) is 5.78. The van der Waals surface area contributed by atoms with Crippen LogP contribution in [0.15, 0.2) is 84.3 Å². The maximum atomic E-state index is 12.5. The Morgan fingerprint density at radius 2 is 1.94 bits per heavy atom. The number of fused-ring (bicyclic) bond motifs is 1. The summed E-state index contributed by atoms with van der Waals surface area (Å²) in [6.45, 7) is 2.20. The summed E-state index contributed by atoms with van der Waals surface area (Å²) >= 11 is 0. The van der Waals surface area contributed by atoms with Gasteiger partial charge in [0.25, 0.3) is 0 Å². The number of anilines is 1. The van der Waals surface area contributed by atoms with Gasteiger partial charge in [0, 0.05) is 23.7 Å². The highest BCUT2D eigenvalue weighted by Gasteiger charge is 2.34. The molecule has 5 rings (SSSR count). The molecular weight excluding hydrogens is 444 g/mol. The van der Waals surface area contributed by atoms with E-state index >= 15 is 0 Å². The van der Waals surface area contributed by atoms with Gasteiger partial charge in [-0.3, -0.25) is 9.78 Å². The van der Waals surface area contributed by atoms with Gasteiger partial charge in [-0.25, -0.2) is 4.68 Å². The number of ether oxygens (including phenoxy) is 2. The minimum atomic E-state index is -0.598. The number of benzene rings is 2. The van der Waals surface area contributed by atoms with Crippen molar-refractivity contribution in [2.45, 2.75) is 19.6 Å². The van der Waals surface area contributed by atoms with Crippen LogP contribution in [0.25, 0.3) is 11.4 Å². The van der Waals surface area contributed by atoms with Gasteiger partial charge in [0.1, 0.15) is 12.6 Å². The van der Waals surface area contributed by atoms with Crippen LogP contribution >= 0.6 is 0 Å². The average Bonchev–Trinajstić information content (AvgIpc) is 3.31. The molecule has 9 heteroatoms. The molecule has 0 aliphatic carbocycles. The second-order valence-electron chi connectivity index (χ2n) is 8.06. The second-order valence-corrected chi connectivity index (χ2v) is 8.06. The monoisotopic (exact) mass is 468 g/mol. The Morgan fingerprint density at radius 1 is 1.11 bits per heavy atom. The van der Waals surface area contributed by atoms with Crippen molar-refractivity contribution in [3.05, 3.63) is 95.5 Å².